The number of ether oxygens (including phenoxy) is 2. The van der Waals surface area contributed by atoms with E-state index in [0.29, 0.717) is 41.1 Å². The molecule has 0 aliphatic carbocycles. The Morgan fingerprint density at radius 1 is 1.10 bits per heavy atom. The Hall–Kier alpha value is -1.95. The average molecular weight is 437 g/mol. The number of hydrogen-bond acceptors (Lipinski definition) is 4. The van der Waals surface area contributed by atoms with Gasteiger partial charge in [-0.15, -0.1) is 0 Å². The first-order chi connectivity index (χ1) is 14.1. The molecule has 1 saturated heterocycles. The molecule has 0 aromatic heterocycles. The summed E-state index contributed by atoms with van der Waals surface area (Å²) in [4.78, 5) is 13.6. The van der Waals surface area contributed by atoms with Crippen LogP contribution in [0.5, 0.6) is 11.5 Å². The quantitative estimate of drug-likeness (QED) is 0.549. The summed E-state index contributed by atoms with van der Waals surface area (Å²) in [6, 6.07) is 11.2. The molecule has 1 fully saturated rings. The monoisotopic (exact) mass is 436 g/mol. The number of nitrogens with zero attached hydrogens (tertiary/aromatic N) is 1. The molecule has 0 saturated carbocycles. The van der Waals surface area contributed by atoms with Gasteiger partial charge in [-0.25, -0.2) is 0 Å². The summed E-state index contributed by atoms with van der Waals surface area (Å²) in [5, 5.41) is 4.66. The normalized spacial score (nSPS) is 13.8. The van der Waals surface area contributed by atoms with Crippen molar-refractivity contribution in [3.05, 3.63) is 57.6 Å². The minimum atomic E-state index is 0.269. The van der Waals surface area contributed by atoms with Gasteiger partial charge < -0.3 is 19.7 Å². The minimum Gasteiger partial charge on any atom is -0.493 e. The molecular formula is C22H26Cl2N2O3. The van der Waals surface area contributed by atoms with Crippen molar-refractivity contribution in [1.29, 1.82) is 0 Å². The second-order valence-electron chi connectivity index (χ2n) is 6.99. The van der Waals surface area contributed by atoms with Gasteiger partial charge in [-0.05, 0) is 37.1 Å². The molecule has 0 atom stereocenters. The third-order valence-electron chi connectivity index (χ3n) is 4.94. The highest BCUT2D eigenvalue weighted by molar-refractivity contribution is 6.31. The first-order valence-corrected chi connectivity index (χ1v) is 10.5. The van der Waals surface area contributed by atoms with Crippen LogP contribution in [0.15, 0.2) is 36.4 Å². The summed E-state index contributed by atoms with van der Waals surface area (Å²) < 4.78 is 11.4. The third kappa shape index (κ3) is 6.01. The number of likely N-dealkylation sites (tertiary alicyclic amines) is 1. The first kappa shape index (κ1) is 21.8. The number of carbonyl (C=O) groups is 1. The number of hydrogen-bond donors (Lipinski definition) is 1. The number of methoxy groups -OCH3 is 1. The van der Waals surface area contributed by atoms with Crippen LogP contribution in [0.25, 0.3) is 0 Å². The van der Waals surface area contributed by atoms with Crippen molar-refractivity contribution in [2.75, 3.05) is 26.7 Å². The Bertz CT molecular complexity index is 845. The first-order valence-electron chi connectivity index (χ1n) is 9.79. The lowest BCUT2D eigenvalue weighted by Gasteiger charge is -2.16. The van der Waals surface area contributed by atoms with E-state index in [1.165, 1.54) is 0 Å². The van der Waals surface area contributed by atoms with Crippen LogP contribution in [0, 0.1) is 0 Å². The van der Waals surface area contributed by atoms with E-state index in [4.69, 9.17) is 32.7 Å². The van der Waals surface area contributed by atoms with Gasteiger partial charge in [-0.2, -0.15) is 0 Å². The van der Waals surface area contributed by atoms with Crippen molar-refractivity contribution in [3.8, 4) is 11.5 Å². The summed E-state index contributed by atoms with van der Waals surface area (Å²) in [5.41, 5.74) is 1.83. The molecule has 2 aromatic carbocycles. The standard InChI is InChI=1S/C22H26Cl2N2O3/c1-28-20-12-17(14-25-9-5-11-26-10-4-8-22(26)27)19(24)13-21(20)29-15-16-6-2-3-7-18(16)23/h2-3,6-7,12-13,25H,4-5,8-11,14-15H2,1H3. The largest absolute Gasteiger partial charge is 0.493 e. The molecule has 7 heteroatoms. The summed E-state index contributed by atoms with van der Waals surface area (Å²) in [7, 11) is 1.61. The predicted octanol–water partition coefficient (Wildman–Crippen LogP) is 4.68. The van der Waals surface area contributed by atoms with Crippen molar-refractivity contribution in [3.63, 3.8) is 0 Å². The molecule has 1 aliphatic rings. The second kappa shape index (κ2) is 10.7. The van der Waals surface area contributed by atoms with Gasteiger partial charge in [-0.1, -0.05) is 41.4 Å². The van der Waals surface area contributed by atoms with Gasteiger partial charge in [0.15, 0.2) is 11.5 Å². The molecule has 5 nitrogen and oxygen atoms in total. The maximum absolute atomic E-state index is 11.6. The van der Waals surface area contributed by atoms with Crippen LogP contribution in [-0.2, 0) is 17.9 Å². The molecule has 1 aliphatic heterocycles. The van der Waals surface area contributed by atoms with Crippen LogP contribution in [0.2, 0.25) is 10.0 Å². The summed E-state index contributed by atoms with van der Waals surface area (Å²) in [6.45, 7) is 3.45. The lowest BCUT2D eigenvalue weighted by Crippen LogP contribution is -2.28. The maximum Gasteiger partial charge on any atom is 0.222 e. The van der Waals surface area contributed by atoms with Crippen molar-refractivity contribution in [2.24, 2.45) is 0 Å². The number of amides is 1. The number of halogens is 2. The highest BCUT2D eigenvalue weighted by Gasteiger charge is 2.19. The summed E-state index contributed by atoms with van der Waals surface area (Å²) in [5.74, 6) is 1.47. The predicted molar refractivity (Wildman–Crippen MR) is 116 cm³/mol. The van der Waals surface area contributed by atoms with Crippen LogP contribution in [0.3, 0.4) is 0 Å². The zero-order valence-corrected chi connectivity index (χ0v) is 18.1. The average Bonchev–Trinajstić information content (AvgIpc) is 3.13. The fourth-order valence-electron chi connectivity index (χ4n) is 3.31. The molecule has 156 valence electrons. The minimum absolute atomic E-state index is 0.269. The Morgan fingerprint density at radius 2 is 1.93 bits per heavy atom. The second-order valence-corrected chi connectivity index (χ2v) is 7.80. The fraction of sp³-hybridized carbons (Fsp3) is 0.409. The van der Waals surface area contributed by atoms with Crippen LogP contribution in [0.4, 0.5) is 0 Å². The van der Waals surface area contributed by atoms with Crippen LogP contribution < -0.4 is 14.8 Å². The lowest BCUT2D eigenvalue weighted by atomic mass is 10.2. The van der Waals surface area contributed by atoms with E-state index >= 15 is 0 Å². The molecule has 0 bridgehead atoms. The number of carbonyl (C=O) groups excluding carboxylic acids is 1. The molecule has 1 heterocycles. The van der Waals surface area contributed by atoms with E-state index in [2.05, 4.69) is 5.32 Å². The van der Waals surface area contributed by atoms with E-state index in [-0.39, 0.29) is 5.91 Å². The molecule has 3 rings (SSSR count). The third-order valence-corrected chi connectivity index (χ3v) is 5.66. The van der Waals surface area contributed by atoms with Gasteiger partial charge in [0.25, 0.3) is 0 Å². The van der Waals surface area contributed by atoms with Gasteiger partial charge in [0.1, 0.15) is 6.61 Å². The Balaban J connectivity index is 1.52. The van der Waals surface area contributed by atoms with Crippen LogP contribution >= 0.6 is 23.2 Å². The smallest absolute Gasteiger partial charge is 0.222 e. The molecule has 0 unspecified atom stereocenters. The topological polar surface area (TPSA) is 50.8 Å². The van der Waals surface area contributed by atoms with Gasteiger partial charge >= 0.3 is 0 Å². The Kier molecular flexibility index (Phi) is 8.04. The number of benzene rings is 2. The van der Waals surface area contributed by atoms with Gasteiger partial charge in [0, 0.05) is 47.7 Å². The van der Waals surface area contributed by atoms with Gasteiger partial charge in [0.05, 0.1) is 7.11 Å². The fourth-order valence-corrected chi connectivity index (χ4v) is 3.73. The molecule has 1 N–H and O–H groups in total. The Morgan fingerprint density at radius 3 is 2.66 bits per heavy atom. The van der Waals surface area contributed by atoms with Crippen molar-refractivity contribution in [2.45, 2.75) is 32.4 Å². The lowest BCUT2D eigenvalue weighted by molar-refractivity contribution is -0.127. The highest BCUT2D eigenvalue weighted by Crippen LogP contribution is 2.34. The molecular weight excluding hydrogens is 411 g/mol. The van der Waals surface area contributed by atoms with Crippen molar-refractivity contribution < 1.29 is 14.3 Å². The maximum atomic E-state index is 11.6. The van der Waals surface area contributed by atoms with E-state index < -0.39 is 0 Å². The SMILES string of the molecule is COc1cc(CNCCCN2CCCC2=O)c(Cl)cc1OCc1ccccc1Cl. The zero-order valence-electron chi connectivity index (χ0n) is 16.5. The molecule has 29 heavy (non-hydrogen) atoms. The summed E-state index contributed by atoms with van der Waals surface area (Å²) in [6.07, 6.45) is 2.58. The Labute approximate surface area is 181 Å². The van der Waals surface area contributed by atoms with Crippen molar-refractivity contribution in [1.82, 2.24) is 10.2 Å². The summed E-state index contributed by atoms with van der Waals surface area (Å²) >= 11 is 12.6. The van der Waals surface area contributed by atoms with E-state index in [1.807, 2.05) is 35.2 Å². The van der Waals surface area contributed by atoms with E-state index in [0.717, 1.165) is 43.6 Å². The molecule has 0 spiro atoms. The molecule has 1 amide bonds. The van der Waals surface area contributed by atoms with Crippen LogP contribution in [0.1, 0.15) is 30.4 Å². The van der Waals surface area contributed by atoms with Crippen LogP contribution in [-0.4, -0.2) is 37.6 Å². The number of rotatable bonds is 10. The molecule has 0 radical (unpaired) electrons. The van der Waals surface area contributed by atoms with E-state index in [9.17, 15) is 4.79 Å². The number of nitrogens with one attached hydrogen (secondary N) is 1. The van der Waals surface area contributed by atoms with Gasteiger partial charge in [0.2, 0.25) is 5.91 Å². The molecule has 2 aromatic rings. The van der Waals surface area contributed by atoms with Gasteiger partial charge in [-0.3, -0.25) is 4.79 Å². The van der Waals surface area contributed by atoms with Crippen molar-refractivity contribution >= 4 is 29.1 Å². The zero-order chi connectivity index (χ0) is 20.6. The van der Waals surface area contributed by atoms with E-state index in [1.54, 1.807) is 13.2 Å². The highest BCUT2D eigenvalue weighted by atomic mass is 35.5.